The van der Waals surface area contributed by atoms with Crippen LogP contribution in [0.2, 0.25) is 0 Å². The Morgan fingerprint density at radius 2 is 1.89 bits per heavy atom. The minimum Gasteiger partial charge on any atom is -0.497 e. The van der Waals surface area contributed by atoms with E-state index in [0.717, 1.165) is 0 Å². The number of halogens is 1. The van der Waals surface area contributed by atoms with Gasteiger partial charge in [-0.1, -0.05) is 6.07 Å². The lowest BCUT2D eigenvalue weighted by atomic mass is 10.2. The number of benzene rings is 2. The number of methoxy groups -OCH3 is 1. The van der Waals surface area contributed by atoms with Crippen LogP contribution in [0.5, 0.6) is 5.75 Å². The first-order chi connectivity index (χ1) is 9.10. The van der Waals surface area contributed by atoms with Crippen molar-refractivity contribution in [2.75, 3.05) is 12.8 Å². The van der Waals surface area contributed by atoms with E-state index < -0.39 is 16.6 Å². The highest BCUT2D eigenvalue weighted by Crippen LogP contribution is 2.19. The van der Waals surface area contributed by atoms with Crippen LogP contribution >= 0.6 is 0 Å². The molecule has 2 aromatic rings. The lowest BCUT2D eigenvalue weighted by Crippen LogP contribution is -2.00. The fourth-order valence-electron chi connectivity index (χ4n) is 1.63. The molecule has 1 atom stereocenters. The minimum atomic E-state index is -1.30. The Morgan fingerprint density at radius 3 is 2.47 bits per heavy atom. The molecule has 19 heavy (non-hydrogen) atoms. The highest BCUT2D eigenvalue weighted by molar-refractivity contribution is 7.84. The summed E-state index contributed by atoms with van der Waals surface area (Å²) >= 11 is 0. The summed E-state index contributed by atoms with van der Waals surface area (Å²) in [5.74, 6) is 0.389. The van der Waals surface area contributed by atoms with Crippen molar-refractivity contribution in [2.45, 2.75) is 10.6 Å². The van der Waals surface area contributed by atoms with Crippen LogP contribution in [-0.4, -0.2) is 11.3 Å². The minimum absolute atomic E-state index is 0.123. The first kappa shape index (κ1) is 13.5. The van der Waals surface area contributed by atoms with E-state index in [1.165, 1.54) is 6.07 Å². The number of nitrogens with two attached hydrogens (primary N) is 1. The standard InChI is InChI=1S/C14H14FNO2S/c1-18-12-4-6-13(7-5-12)19(17)9-10-2-3-11(16)8-14(10)15/h2-8H,9,16H2,1H3. The maximum Gasteiger partial charge on any atom is 0.129 e. The summed E-state index contributed by atoms with van der Waals surface area (Å²) in [7, 11) is 0.267. The largest absolute Gasteiger partial charge is 0.497 e. The maximum atomic E-state index is 13.6. The SMILES string of the molecule is COc1ccc(S(=O)Cc2ccc(N)cc2F)cc1. The third-order valence-corrected chi connectivity index (χ3v) is 4.06. The molecule has 1 unspecified atom stereocenters. The Labute approximate surface area is 113 Å². The van der Waals surface area contributed by atoms with Crippen molar-refractivity contribution >= 4 is 16.5 Å². The Kier molecular flexibility index (Phi) is 4.16. The summed E-state index contributed by atoms with van der Waals surface area (Å²) in [5, 5.41) is 0. The third kappa shape index (κ3) is 3.32. The van der Waals surface area contributed by atoms with Gasteiger partial charge in [0.1, 0.15) is 11.6 Å². The van der Waals surface area contributed by atoms with Crippen molar-refractivity contribution < 1.29 is 13.3 Å². The molecule has 0 aliphatic rings. The molecule has 0 amide bonds. The Bertz CT molecular complexity index is 599. The lowest BCUT2D eigenvalue weighted by Gasteiger charge is -2.06. The summed E-state index contributed by atoms with van der Waals surface area (Å²) < 4.78 is 30.8. The van der Waals surface area contributed by atoms with E-state index in [-0.39, 0.29) is 5.75 Å². The molecule has 2 N–H and O–H groups in total. The van der Waals surface area contributed by atoms with Crippen LogP contribution in [-0.2, 0) is 16.6 Å². The fraction of sp³-hybridized carbons (Fsp3) is 0.143. The zero-order valence-electron chi connectivity index (χ0n) is 10.4. The van der Waals surface area contributed by atoms with Crippen LogP contribution in [0.15, 0.2) is 47.4 Å². The number of hydrogen-bond acceptors (Lipinski definition) is 3. The third-order valence-electron chi connectivity index (χ3n) is 2.69. The topological polar surface area (TPSA) is 52.3 Å². The molecule has 0 spiro atoms. The monoisotopic (exact) mass is 279 g/mol. The second kappa shape index (κ2) is 5.84. The van der Waals surface area contributed by atoms with Gasteiger partial charge in [-0.25, -0.2) is 4.39 Å². The molecule has 0 saturated heterocycles. The van der Waals surface area contributed by atoms with Crippen LogP contribution in [0.3, 0.4) is 0 Å². The molecule has 0 aromatic heterocycles. The van der Waals surface area contributed by atoms with Gasteiger partial charge in [0.05, 0.1) is 23.7 Å². The van der Waals surface area contributed by atoms with Crippen LogP contribution < -0.4 is 10.5 Å². The summed E-state index contributed by atoms with van der Waals surface area (Å²) in [4.78, 5) is 0.636. The highest BCUT2D eigenvalue weighted by atomic mass is 32.2. The van der Waals surface area contributed by atoms with Crippen LogP contribution in [0, 0.1) is 5.82 Å². The normalized spacial score (nSPS) is 12.1. The molecule has 0 aliphatic heterocycles. The van der Waals surface area contributed by atoms with Crippen LogP contribution in [0.25, 0.3) is 0 Å². The molecule has 2 aromatic carbocycles. The van der Waals surface area contributed by atoms with Crippen molar-refractivity contribution in [1.82, 2.24) is 0 Å². The molecular weight excluding hydrogens is 265 g/mol. The van der Waals surface area contributed by atoms with E-state index in [2.05, 4.69) is 0 Å². The molecule has 5 heteroatoms. The quantitative estimate of drug-likeness (QED) is 0.875. The summed E-state index contributed by atoms with van der Waals surface area (Å²) in [6, 6.07) is 11.3. The van der Waals surface area contributed by atoms with Gasteiger partial charge >= 0.3 is 0 Å². The van der Waals surface area contributed by atoms with Gasteiger partial charge in [0.2, 0.25) is 0 Å². The second-order valence-electron chi connectivity index (χ2n) is 4.02. The van der Waals surface area contributed by atoms with E-state index in [1.807, 2.05) is 0 Å². The molecule has 0 radical (unpaired) electrons. The fourth-order valence-corrected chi connectivity index (χ4v) is 2.76. The van der Waals surface area contributed by atoms with Gasteiger partial charge < -0.3 is 10.5 Å². The van der Waals surface area contributed by atoms with Crippen molar-refractivity contribution in [3.63, 3.8) is 0 Å². The number of hydrogen-bond donors (Lipinski definition) is 1. The van der Waals surface area contributed by atoms with E-state index in [1.54, 1.807) is 43.5 Å². The van der Waals surface area contributed by atoms with Gasteiger partial charge in [0.15, 0.2) is 0 Å². The predicted molar refractivity (Wildman–Crippen MR) is 73.9 cm³/mol. The van der Waals surface area contributed by atoms with Gasteiger partial charge in [0, 0.05) is 16.1 Å². The first-order valence-corrected chi connectivity index (χ1v) is 6.98. The Balaban J connectivity index is 2.15. The number of rotatable bonds is 4. The average Bonchev–Trinajstić information content (AvgIpc) is 2.42. The zero-order chi connectivity index (χ0) is 13.8. The lowest BCUT2D eigenvalue weighted by molar-refractivity contribution is 0.414. The zero-order valence-corrected chi connectivity index (χ0v) is 11.2. The molecule has 0 saturated carbocycles. The first-order valence-electron chi connectivity index (χ1n) is 5.66. The van der Waals surface area contributed by atoms with Crippen molar-refractivity contribution in [3.8, 4) is 5.75 Å². The van der Waals surface area contributed by atoms with Crippen LogP contribution in [0.1, 0.15) is 5.56 Å². The number of nitrogen functional groups attached to an aromatic ring is 1. The van der Waals surface area contributed by atoms with E-state index >= 15 is 0 Å². The maximum absolute atomic E-state index is 13.6. The van der Waals surface area contributed by atoms with Crippen molar-refractivity contribution in [3.05, 3.63) is 53.8 Å². The highest BCUT2D eigenvalue weighted by Gasteiger charge is 2.09. The van der Waals surface area contributed by atoms with Crippen molar-refractivity contribution in [1.29, 1.82) is 0 Å². The molecule has 3 nitrogen and oxygen atoms in total. The Hall–Kier alpha value is -1.88. The summed E-state index contributed by atoms with van der Waals surface area (Å²) in [5.41, 5.74) is 6.22. The van der Waals surface area contributed by atoms with Gasteiger partial charge in [-0.3, -0.25) is 4.21 Å². The van der Waals surface area contributed by atoms with Gasteiger partial charge in [0.25, 0.3) is 0 Å². The molecule has 0 fully saturated rings. The molecular formula is C14H14FNO2S. The summed E-state index contributed by atoms with van der Waals surface area (Å²) in [6.07, 6.45) is 0. The molecule has 0 bridgehead atoms. The van der Waals surface area contributed by atoms with E-state index in [9.17, 15) is 8.60 Å². The molecule has 0 aliphatic carbocycles. The van der Waals surface area contributed by atoms with Gasteiger partial charge in [-0.15, -0.1) is 0 Å². The summed E-state index contributed by atoms with van der Waals surface area (Å²) in [6.45, 7) is 0. The van der Waals surface area contributed by atoms with E-state index in [0.29, 0.717) is 21.9 Å². The number of ether oxygens (including phenoxy) is 1. The van der Waals surface area contributed by atoms with Crippen LogP contribution in [0.4, 0.5) is 10.1 Å². The second-order valence-corrected chi connectivity index (χ2v) is 5.47. The molecule has 2 rings (SSSR count). The van der Waals surface area contributed by atoms with Gasteiger partial charge in [-0.05, 0) is 36.4 Å². The molecule has 0 heterocycles. The van der Waals surface area contributed by atoms with Gasteiger partial charge in [-0.2, -0.15) is 0 Å². The Morgan fingerprint density at radius 1 is 1.21 bits per heavy atom. The predicted octanol–water partition coefficient (Wildman–Crippen LogP) is 2.72. The van der Waals surface area contributed by atoms with Crippen molar-refractivity contribution in [2.24, 2.45) is 0 Å². The van der Waals surface area contributed by atoms with E-state index in [4.69, 9.17) is 10.5 Å². The smallest absolute Gasteiger partial charge is 0.129 e. The number of anilines is 1. The molecule has 100 valence electrons. The average molecular weight is 279 g/mol.